The second-order valence-electron chi connectivity index (χ2n) is 6.85. The Morgan fingerprint density at radius 3 is 2.79 bits per heavy atom. The van der Waals surface area contributed by atoms with Gasteiger partial charge in [0.2, 0.25) is 0 Å². The van der Waals surface area contributed by atoms with E-state index in [0.29, 0.717) is 17.8 Å². The Balaban J connectivity index is 1.60. The first-order valence-corrected chi connectivity index (χ1v) is 7.50. The monoisotopic (exact) mass is 256 g/mol. The molecule has 0 aromatic heterocycles. The fourth-order valence-corrected chi connectivity index (χ4v) is 5.03. The molecule has 19 heavy (non-hydrogen) atoms. The fraction of sp³-hybridized carbons (Fsp3) is 0.588. The predicted molar refractivity (Wildman–Crippen MR) is 73.0 cm³/mol. The van der Waals surface area contributed by atoms with Crippen molar-refractivity contribution in [1.29, 1.82) is 0 Å². The number of carbonyl (C=O) groups is 1. The molecule has 2 saturated carbocycles. The molecule has 2 heteroatoms. The smallest absolute Gasteiger partial charge is 0.309 e. The molecule has 0 spiro atoms. The zero-order valence-electron chi connectivity index (χ0n) is 11.1. The van der Waals surface area contributed by atoms with E-state index < -0.39 is 11.4 Å². The van der Waals surface area contributed by atoms with Crippen LogP contribution in [0.25, 0.3) is 0 Å². The van der Waals surface area contributed by atoms with Crippen molar-refractivity contribution in [2.75, 3.05) is 0 Å². The van der Waals surface area contributed by atoms with Gasteiger partial charge >= 0.3 is 5.97 Å². The molecular weight excluding hydrogens is 236 g/mol. The molecule has 0 aliphatic heterocycles. The third-order valence-electron chi connectivity index (χ3n) is 5.97. The summed E-state index contributed by atoms with van der Waals surface area (Å²) in [6, 6.07) is 8.53. The lowest BCUT2D eigenvalue weighted by molar-refractivity contribution is -0.153. The van der Waals surface area contributed by atoms with Crippen LogP contribution in [0.3, 0.4) is 0 Å². The highest BCUT2D eigenvalue weighted by molar-refractivity contribution is 5.76. The molecule has 0 saturated heterocycles. The summed E-state index contributed by atoms with van der Waals surface area (Å²) < 4.78 is 0. The van der Waals surface area contributed by atoms with Crippen LogP contribution in [0, 0.1) is 17.3 Å². The average molecular weight is 256 g/mol. The first kappa shape index (κ1) is 11.5. The van der Waals surface area contributed by atoms with Crippen LogP contribution in [0.5, 0.6) is 0 Å². The van der Waals surface area contributed by atoms with Crippen LogP contribution in [0.4, 0.5) is 0 Å². The second kappa shape index (κ2) is 3.84. The average Bonchev–Trinajstić information content (AvgIpc) is 2.97. The van der Waals surface area contributed by atoms with Gasteiger partial charge in [0.1, 0.15) is 0 Å². The van der Waals surface area contributed by atoms with Crippen LogP contribution in [-0.4, -0.2) is 11.1 Å². The number of fused-ring (bicyclic) bond motifs is 3. The van der Waals surface area contributed by atoms with Crippen LogP contribution in [0.15, 0.2) is 24.3 Å². The molecule has 0 radical (unpaired) electrons. The lowest BCUT2D eigenvalue weighted by Crippen LogP contribution is -2.39. The lowest BCUT2D eigenvalue weighted by Gasteiger charge is -2.40. The van der Waals surface area contributed by atoms with Gasteiger partial charge in [-0.3, -0.25) is 4.79 Å². The topological polar surface area (TPSA) is 37.3 Å². The minimum Gasteiger partial charge on any atom is -0.481 e. The lowest BCUT2D eigenvalue weighted by atomic mass is 9.63. The summed E-state index contributed by atoms with van der Waals surface area (Å²) in [4.78, 5) is 11.9. The highest BCUT2D eigenvalue weighted by Gasteiger charge is 2.56. The van der Waals surface area contributed by atoms with Crippen molar-refractivity contribution in [3.63, 3.8) is 0 Å². The van der Waals surface area contributed by atoms with Crippen LogP contribution >= 0.6 is 0 Å². The fourth-order valence-electron chi connectivity index (χ4n) is 5.03. The molecule has 3 aliphatic carbocycles. The maximum Gasteiger partial charge on any atom is 0.309 e. The number of hydrogen-bond donors (Lipinski definition) is 1. The molecule has 1 aromatic rings. The van der Waals surface area contributed by atoms with Crippen molar-refractivity contribution in [3.8, 4) is 0 Å². The number of rotatable bonds is 3. The van der Waals surface area contributed by atoms with Crippen LogP contribution in [-0.2, 0) is 11.2 Å². The third-order valence-corrected chi connectivity index (χ3v) is 5.97. The highest BCUT2D eigenvalue weighted by Crippen LogP contribution is 2.60. The van der Waals surface area contributed by atoms with Crippen molar-refractivity contribution in [3.05, 3.63) is 35.4 Å². The zero-order valence-corrected chi connectivity index (χ0v) is 11.1. The molecule has 3 aliphatic rings. The number of benzene rings is 1. The number of aliphatic carboxylic acids is 1. The van der Waals surface area contributed by atoms with Crippen LogP contribution in [0.2, 0.25) is 0 Å². The summed E-state index contributed by atoms with van der Waals surface area (Å²) in [6.07, 6.45) is 6.47. The Hall–Kier alpha value is -1.31. The molecule has 4 atom stereocenters. The minimum absolute atomic E-state index is 0.402. The molecule has 1 N–H and O–H groups in total. The van der Waals surface area contributed by atoms with Crippen LogP contribution in [0.1, 0.15) is 49.1 Å². The third kappa shape index (κ3) is 1.52. The van der Waals surface area contributed by atoms with Gasteiger partial charge in [-0.25, -0.2) is 0 Å². The van der Waals surface area contributed by atoms with Crippen LogP contribution < -0.4 is 0 Å². The molecule has 0 amide bonds. The van der Waals surface area contributed by atoms with Crippen molar-refractivity contribution < 1.29 is 9.90 Å². The normalized spacial score (nSPS) is 38.8. The van der Waals surface area contributed by atoms with Crippen molar-refractivity contribution in [2.24, 2.45) is 17.3 Å². The predicted octanol–water partition coefficient (Wildman–Crippen LogP) is 3.61. The molecule has 2 bridgehead atoms. The van der Waals surface area contributed by atoms with Crippen molar-refractivity contribution in [1.82, 2.24) is 0 Å². The van der Waals surface area contributed by atoms with Gasteiger partial charge in [-0.15, -0.1) is 0 Å². The van der Waals surface area contributed by atoms with Gasteiger partial charge in [-0.2, -0.15) is 0 Å². The summed E-state index contributed by atoms with van der Waals surface area (Å²) in [6.45, 7) is 0. The van der Waals surface area contributed by atoms with E-state index in [9.17, 15) is 9.90 Å². The van der Waals surface area contributed by atoms with Gasteiger partial charge in [0.25, 0.3) is 0 Å². The van der Waals surface area contributed by atoms with Gasteiger partial charge < -0.3 is 5.11 Å². The van der Waals surface area contributed by atoms with Gasteiger partial charge in [0, 0.05) is 0 Å². The number of carboxylic acid groups (broad SMARTS) is 1. The van der Waals surface area contributed by atoms with E-state index in [-0.39, 0.29) is 0 Å². The summed E-state index contributed by atoms with van der Waals surface area (Å²) in [7, 11) is 0. The molecule has 2 nitrogen and oxygen atoms in total. The summed E-state index contributed by atoms with van der Waals surface area (Å²) in [5.74, 6) is 1.11. The standard InChI is InChI=1S/C17H20O2/c18-16(19)17(9-11-5-6-14(17)7-11)10-13-8-12-3-1-2-4-15(12)13/h1-4,11,13-14H,5-10H2,(H,18,19). The summed E-state index contributed by atoms with van der Waals surface area (Å²) in [5, 5.41) is 9.80. The minimum atomic E-state index is -0.524. The Bertz CT molecular complexity index is 536. The van der Waals surface area contributed by atoms with E-state index in [1.54, 1.807) is 0 Å². The Morgan fingerprint density at radius 2 is 2.16 bits per heavy atom. The quantitative estimate of drug-likeness (QED) is 0.897. The molecule has 1 aromatic carbocycles. The molecule has 0 heterocycles. The van der Waals surface area contributed by atoms with E-state index in [1.165, 1.54) is 24.0 Å². The first-order valence-electron chi connectivity index (χ1n) is 7.50. The number of carboxylic acids is 1. The van der Waals surface area contributed by atoms with E-state index in [1.807, 2.05) is 0 Å². The van der Waals surface area contributed by atoms with Gasteiger partial charge in [0.05, 0.1) is 5.41 Å². The largest absolute Gasteiger partial charge is 0.481 e. The van der Waals surface area contributed by atoms with Gasteiger partial charge in [-0.05, 0) is 61.0 Å². The Labute approximate surface area is 113 Å². The highest BCUT2D eigenvalue weighted by atomic mass is 16.4. The van der Waals surface area contributed by atoms with E-state index in [2.05, 4.69) is 24.3 Å². The maximum absolute atomic E-state index is 11.9. The van der Waals surface area contributed by atoms with Gasteiger partial charge in [0.15, 0.2) is 0 Å². The van der Waals surface area contributed by atoms with E-state index in [0.717, 1.165) is 25.7 Å². The Morgan fingerprint density at radius 1 is 1.32 bits per heavy atom. The molecule has 4 unspecified atom stereocenters. The first-order chi connectivity index (χ1) is 9.19. The van der Waals surface area contributed by atoms with Crippen molar-refractivity contribution >= 4 is 5.97 Å². The second-order valence-corrected chi connectivity index (χ2v) is 6.85. The zero-order chi connectivity index (χ0) is 13.0. The maximum atomic E-state index is 11.9. The molecular formula is C17H20O2. The summed E-state index contributed by atoms with van der Waals surface area (Å²) in [5.41, 5.74) is 2.43. The molecule has 2 fully saturated rings. The molecule has 100 valence electrons. The van der Waals surface area contributed by atoms with E-state index >= 15 is 0 Å². The van der Waals surface area contributed by atoms with Gasteiger partial charge in [-0.1, -0.05) is 30.7 Å². The number of hydrogen-bond acceptors (Lipinski definition) is 1. The summed E-state index contributed by atoms with van der Waals surface area (Å²) >= 11 is 0. The SMILES string of the molecule is O=C(O)C1(CC2Cc3ccccc32)CC2CCC1C2. The Kier molecular flexibility index (Phi) is 2.33. The van der Waals surface area contributed by atoms with E-state index in [4.69, 9.17) is 0 Å². The van der Waals surface area contributed by atoms with Crippen molar-refractivity contribution in [2.45, 2.75) is 44.4 Å². The molecule has 4 rings (SSSR count).